The molecular formula is C8H5Cl2NS. The molecule has 1 rings (SSSR count). The lowest BCUT2D eigenvalue weighted by molar-refractivity contribution is 1.08. The first-order valence-corrected chi connectivity index (χ1v) is 4.38. The zero-order valence-corrected chi connectivity index (χ0v) is 8.38. The molecular weight excluding hydrogens is 213 g/mol. The Bertz CT molecular complexity index is 332. The van der Waals surface area contributed by atoms with Crippen molar-refractivity contribution < 1.29 is 0 Å². The summed E-state index contributed by atoms with van der Waals surface area (Å²) in [6.07, 6.45) is 0. The number of hydrogen-bond donors (Lipinski definition) is 0. The van der Waals surface area contributed by atoms with Crippen molar-refractivity contribution in [3.63, 3.8) is 0 Å². The molecule has 0 aromatic heterocycles. The molecule has 1 aromatic carbocycles. The van der Waals surface area contributed by atoms with Gasteiger partial charge in [0.2, 0.25) is 0 Å². The second-order valence-corrected chi connectivity index (χ2v) is 3.17. The molecule has 0 unspecified atom stereocenters. The number of benzene rings is 1. The molecule has 0 aliphatic rings. The fourth-order valence-electron chi connectivity index (χ4n) is 0.782. The third-order valence-electron chi connectivity index (χ3n) is 1.32. The Morgan fingerprint density at radius 3 is 2.83 bits per heavy atom. The van der Waals surface area contributed by atoms with Crippen LogP contribution in [0.15, 0.2) is 23.2 Å². The van der Waals surface area contributed by atoms with Crippen LogP contribution in [0.3, 0.4) is 0 Å². The Morgan fingerprint density at radius 1 is 1.42 bits per heavy atom. The molecule has 0 radical (unpaired) electrons. The summed E-state index contributed by atoms with van der Waals surface area (Å²) in [7, 11) is 0. The monoisotopic (exact) mass is 217 g/mol. The Morgan fingerprint density at radius 2 is 2.17 bits per heavy atom. The number of nitrogens with zero attached hydrogens (tertiary/aromatic N) is 1. The normalized spacial score (nSPS) is 9.17. The maximum Gasteiger partial charge on any atom is 0.0758 e. The fourth-order valence-corrected chi connectivity index (χ4v) is 1.22. The lowest BCUT2D eigenvalue weighted by atomic mass is 10.2. The molecule has 0 heterocycles. The minimum Gasteiger partial charge on any atom is -0.228 e. The first-order chi connectivity index (χ1) is 5.74. The smallest absolute Gasteiger partial charge is 0.0758 e. The van der Waals surface area contributed by atoms with E-state index >= 15 is 0 Å². The maximum atomic E-state index is 5.85. The fraction of sp³-hybridized carbons (Fsp3) is 0.125. The highest BCUT2D eigenvalue weighted by molar-refractivity contribution is 7.78. The van der Waals surface area contributed by atoms with E-state index in [9.17, 15) is 0 Å². The summed E-state index contributed by atoms with van der Waals surface area (Å²) < 4.78 is 0. The molecule has 0 N–H and O–H groups in total. The molecule has 1 aromatic rings. The Balaban J connectivity index is 2.96. The number of hydrogen-bond acceptors (Lipinski definition) is 2. The van der Waals surface area contributed by atoms with Gasteiger partial charge in [-0.05, 0) is 36.0 Å². The molecule has 0 bridgehead atoms. The van der Waals surface area contributed by atoms with Crippen molar-refractivity contribution in [1.29, 1.82) is 0 Å². The van der Waals surface area contributed by atoms with Gasteiger partial charge in [-0.2, -0.15) is 0 Å². The SMILES string of the molecule is S=C=NCc1cc(Cl)ccc1Cl. The molecule has 12 heavy (non-hydrogen) atoms. The number of halogens is 2. The minimum absolute atomic E-state index is 0.433. The molecule has 0 saturated carbocycles. The summed E-state index contributed by atoms with van der Waals surface area (Å²) in [6, 6.07) is 5.23. The second-order valence-electron chi connectivity index (χ2n) is 2.14. The zero-order chi connectivity index (χ0) is 8.97. The zero-order valence-electron chi connectivity index (χ0n) is 6.05. The van der Waals surface area contributed by atoms with Gasteiger partial charge in [-0.15, -0.1) is 0 Å². The lowest BCUT2D eigenvalue weighted by Gasteiger charge is -1.99. The van der Waals surface area contributed by atoms with Crippen molar-refractivity contribution in [1.82, 2.24) is 0 Å². The van der Waals surface area contributed by atoms with Gasteiger partial charge in [0.15, 0.2) is 0 Å². The Hall–Kier alpha value is -0.400. The summed E-state index contributed by atoms with van der Waals surface area (Å²) in [5.41, 5.74) is 0.863. The van der Waals surface area contributed by atoms with Gasteiger partial charge in [-0.3, -0.25) is 0 Å². The minimum atomic E-state index is 0.433. The molecule has 0 atom stereocenters. The largest absolute Gasteiger partial charge is 0.228 e. The Kier molecular flexibility index (Phi) is 3.70. The average molecular weight is 218 g/mol. The molecule has 0 aliphatic carbocycles. The van der Waals surface area contributed by atoms with Gasteiger partial charge < -0.3 is 0 Å². The van der Waals surface area contributed by atoms with Crippen molar-refractivity contribution in [2.24, 2.45) is 4.99 Å². The average Bonchev–Trinajstić information content (AvgIpc) is 2.07. The van der Waals surface area contributed by atoms with Crippen LogP contribution in [0.4, 0.5) is 0 Å². The van der Waals surface area contributed by atoms with Gasteiger partial charge >= 0.3 is 0 Å². The predicted octanol–water partition coefficient (Wildman–Crippen LogP) is 3.60. The van der Waals surface area contributed by atoms with Gasteiger partial charge in [-0.1, -0.05) is 23.2 Å². The van der Waals surface area contributed by atoms with Crippen LogP contribution in [0.2, 0.25) is 10.0 Å². The third-order valence-corrected chi connectivity index (χ3v) is 2.05. The van der Waals surface area contributed by atoms with E-state index in [0.717, 1.165) is 5.56 Å². The van der Waals surface area contributed by atoms with E-state index in [0.29, 0.717) is 16.6 Å². The van der Waals surface area contributed by atoms with Gasteiger partial charge in [0.05, 0.1) is 11.7 Å². The maximum absolute atomic E-state index is 5.85. The van der Waals surface area contributed by atoms with Crippen LogP contribution in [-0.4, -0.2) is 5.16 Å². The highest BCUT2D eigenvalue weighted by Gasteiger charge is 1.98. The topological polar surface area (TPSA) is 12.4 Å². The van der Waals surface area contributed by atoms with Crippen molar-refractivity contribution in [3.8, 4) is 0 Å². The molecule has 0 spiro atoms. The quantitative estimate of drug-likeness (QED) is 0.545. The molecule has 1 nitrogen and oxygen atoms in total. The highest BCUT2D eigenvalue weighted by atomic mass is 35.5. The molecule has 0 fully saturated rings. The Labute approximate surface area is 86.0 Å². The van der Waals surface area contributed by atoms with Crippen LogP contribution in [0, 0.1) is 0 Å². The molecule has 62 valence electrons. The van der Waals surface area contributed by atoms with Gasteiger partial charge in [0, 0.05) is 10.0 Å². The van der Waals surface area contributed by atoms with E-state index in [1.807, 2.05) is 0 Å². The van der Waals surface area contributed by atoms with E-state index in [2.05, 4.69) is 22.4 Å². The van der Waals surface area contributed by atoms with Crippen LogP contribution in [-0.2, 0) is 6.54 Å². The van der Waals surface area contributed by atoms with Crippen molar-refractivity contribution >= 4 is 40.6 Å². The lowest BCUT2D eigenvalue weighted by Crippen LogP contribution is -1.82. The van der Waals surface area contributed by atoms with E-state index in [1.54, 1.807) is 18.2 Å². The number of isothiocyanates is 1. The van der Waals surface area contributed by atoms with E-state index in [1.165, 1.54) is 0 Å². The summed E-state index contributed by atoms with van der Waals surface area (Å²) >= 11 is 16.0. The number of rotatable bonds is 2. The van der Waals surface area contributed by atoms with E-state index in [-0.39, 0.29) is 0 Å². The van der Waals surface area contributed by atoms with Gasteiger partial charge in [0.25, 0.3) is 0 Å². The molecule has 4 heteroatoms. The highest BCUT2D eigenvalue weighted by Crippen LogP contribution is 2.20. The van der Waals surface area contributed by atoms with Crippen molar-refractivity contribution in [2.45, 2.75) is 6.54 Å². The molecule has 0 saturated heterocycles. The number of thiocarbonyl (C=S) groups is 1. The van der Waals surface area contributed by atoms with Crippen LogP contribution in [0.25, 0.3) is 0 Å². The van der Waals surface area contributed by atoms with E-state index in [4.69, 9.17) is 23.2 Å². The first kappa shape index (κ1) is 9.69. The summed E-state index contributed by atoms with van der Waals surface area (Å²) in [4.78, 5) is 3.77. The molecule has 0 aliphatic heterocycles. The van der Waals surface area contributed by atoms with Crippen molar-refractivity contribution in [3.05, 3.63) is 33.8 Å². The van der Waals surface area contributed by atoms with Crippen LogP contribution in [0.5, 0.6) is 0 Å². The molecule has 0 amide bonds. The van der Waals surface area contributed by atoms with Crippen molar-refractivity contribution in [2.75, 3.05) is 0 Å². The van der Waals surface area contributed by atoms with Crippen LogP contribution in [0.1, 0.15) is 5.56 Å². The number of aliphatic imine (C=N–C) groups is 1. The van der Waals surface area contributed by atoms with Crippen LogP contribution >= 0.6 is 35.4 Å². The van der Waals surface area contributed by atoms with Gasteiger partial charge in [0.1, 0.15) is 0 Å². The van der Waals surface area contributed by atoms with Crippen LogP contribution < -0.4 is 0 Å². The van der Waals surface area contributed by atoms with E-state index < -0.39 is 0 Å². The third kappa shape index (κ3) is 2.58. The van der Waals surface area contributed by atoms with Gasteiger partial charge in [-0.25, -0.2) is 4.99 Å². The summed E-state index contributed by atoms with van der Waals surface area (Å²) in [5, 5.41) is 3.56. The predicted molar refractivity (Wildman–Crippen MR) is 55.2 cm³/mol. The standard InChI is InChI=1S/C8H5Cl2NS/c9-7-1-2-8(10)6(3-7)4-11-5-12/h1-3H,4H2. The summed E-state index contributed by atoms with van der Waals surface area (Å²) in [6.45, 7) is 0.433. The first-order valence-electron chi connectivity index (χ1n) is 3.21. The second kappa shape index (κ2) is 4.58. The summed E-state index contributed by atoms with van der Waals surface area (Å²) in [5.74, 6) is 0.